The van der Waals surface area contributed by atoms with E-state index in [2.05, 4.69) is 0 Å². The summed E-state index contributed by atoms with van der Waals surface area (Å²) in [6.07, 6.45) is 0. The minimum absolute atomic E-state index is 0.0550. The van der Waals surface area contributed by atoms with Crippen molar-refractivity contribution in [1.29, 1.82) is 0 Å². The zero-order chi connectivity index (χ0) is 9.84. The molecule has 0 bridgehead atoms. The predicted molar refractivity (Wildman–Crippen MR) is 44.7 cm³/mol. The van der Waals surface area contributed by atoms with Crippen LogP contribution >= 0.6 is 0 Å². The van der Waals surface area contributed by atoms with Crippen molar-refractivity contribution in [3.63, 3.8) is 0 Å². The Balaban J connectivity index is 3.20. The molecule has 11 heavy (non-hydrogen) atoms. The molecular weight excluding hydrogens is 138 g/mol. The second kappa shape index (κ2) is 3.01. The van der Waals surface area contributed by atoms with E-state index in [1.54, 1.807) is 30.3 Å². The second-order valence-electron chi connectivity index (χ2n) is 2.11. The minimum Gasteiger partial charge on any atom is -0.366 e. The highest BCUT2D eigenvalue weighted by Crippen LogP contribution is 2.09. The molecule has 0 spiro atoms. The van der Waals surface area contributed by atoms with Crippen LogP contribution < -0.4 is 5.73 Å². The highest BCUT2D eigenvalue weighted by Gasteiger charge is 2.02. The maximum Gasteiger partial charge on any atom is 0.248 e. The molecule has 1 aromatic carbocycles. The van der Waals surface area contributed by atoms with Crippen LogP contribution in [0.2, 0.25) is 0 Å². The third kappa shape index (κ3) is 1.67. The first-order valence-electron chi connectivity index (χ1n) is 4.15. The molecule has 2 N–H and O–H groups in total. The maximum atomic E-state index is 10.9. The van der Waals surface area contributed by atoms with Crippen molar-refractivity contribution in [1.82, 2.24) is 0 Å². The van der Waals surface area contributed by atoms with E-state index in [-0.39, 0.29) is 5.57 Å². The molecule has 1 rings (SSSR count). The Labute approximate surface area is 68.1 Å². The molecule has 0 aliphatic heterocycles. The van der Waals surface area contributed by atoms with E-state index < -0.39 is 12.4 Å². The van der Waals surface area contributed by atoms with Crippen molar-refractivity contribution in [2.75, 3.05) is 0 Å². The third-order valence-corrected chi connectivity index (χ3v) is 1.31. The molecule has 2 nitrogen and oxygen atoms in total. The van der Waals surface area contributed by atoms with Gasteiger partial charge in [-0.3, -0.25) is 4.79 Å². The van der Waals surface area contributed by atoms with Crippen molar-refractivity contribution in [2.24, 2.45) is 5.73 Å². The molecule has 1 aromatic rings. The normalized spacial score (nSPS) is 11.3. The summed E-state index contributed by atoms with van der Waals surface area (Å²) < 4.78 is 14.1. The van der Waals surface area contributed by atoms with Gasteiger partial charge in [-0.1, -0.05) is 36.9 Å². The Morgan fingerprint density at radius 1 is 1.45 bits per heavy atom. The summed E-state index contributed by atoms with van der Waals surface area (Å²) >= 11 is 0. The van der Waals surface area contributed by atoms with E-state index in [9.17, 15) is 4.79 Å². The Morgan fingerprint density at radius 2 is 2.09 bits per heavy atom. The van der Waals surface area contributed by atoms with E-state index in [0.717, 1.165) is 0 Å². The number of hydrogen-bond acceptors (Lipinski definition) is 1. The molecule has 0 aromatic heterocycles. The van der Waals surface area contributed by atoms with Gasteiger partial charge >= 0.3 is 0 Å². The fraction of sp³-hybridized carbons (Fsp3) is 0. The van der Waals surface area contributed by atoms with E-state index in [1.807, 2.05) is 0 Å². The predicted octanol–water partition coefficient (Wildman–Crippen LogP) is 1.19. The van der Waals surface area contributed by atoms with Crippen molar-refractivity contribution in [3.05, 3.63) is 42.4 Å². The molecule has 0 saturated carbocycles. The summed E-state index contributed by atoms with van der Waals surface area (Å²) in [5, 5.41) is 0. The minimum atomic E-state index is -0.744. The fourth-order valence-electron chi connectivity index (χ4n) is 0.747. The van der Waals surface area contributed by atoms with Gasteiger partial charge in [0.2, 0.25) is 5.91 Å². The molecule has 0 radical (unpaired) electrons. The average molecular weight is 149 g/mol. The summed E-state index contributed by atoms with van der Waals surface area (Å²) in [6, 6.07) is 8.52. The first kappa shape index (κ1) is 5.13. The number of nitrogens with two attached hydrogens (primary N) is 1. The van der Waals surface area contributed by atoms with Gasteiger partial charge in [0.05, 0.1) is 2.74 Å². The van der Waals surface area contributed by atoms with Crippen molar-refractivity contribution >= 4 is 11.5 Å². The maximum absolute atomic E-state index is 10.9. The van der Waals surface area contributed by atoms with Gasteiger partial charge in [0.1, 0.15) is 0 Å². The number of rotatable bonds is 2. The first-order chi connectivity index (χ1) is 6.13. The smallest absolute Gasteiger partial charge is 0.248 e. The molecule has 0 fully saturated rings. The lowest BCUT2D eigenvalue weighted by Crippen LogP contribution is -2.11. The van der Waals surface area contributed by atoms with Crippen molar-refractivity contribution in [3.8, 4) is 0 Å². The van der Waals surface area contributed by atoms with Gasteiger partial charge in [0.25, 0.3) is 0 Å². The quantitative estimate of drug-likeness (QED) is 0.630. The molecular formula is C9H9NO. The lowest BCUT2D eigenvalue weighted by Gasteiger charge is -1.98. The van der Waals surface area contributed by atoms with Gasteiger partial charge in [0.15, 0.2) is 0 Å². The highest BCUT2D eigenvalue weighted by molar-refractivity contribution is 6.17. The zero-order valence-electron chi connectivity index (χ0n) is 7.87. The van der Waals surface area contributed by atoms with Crippen LogP contribution in [0, 0.1) is 0 Å². The average Bonchev–Trinajstić information content (AvgIpc) is 2.04. The summed E-state index contributed by atoms with van der Waals surface area (Å²) in [4.78, 5) is 10.9. The van der Waals surface area contributed by atoms with Gasteiger partial charge in [-0.2, -0.15) is 0 Å². The number of carbonyl (C=O) groups excluding carboxylic acids is 1. The molecule has 1 amide bonds. The van der Waals surface area contributed by atoms with Gasteiger partial charge in [-0.25, -0.2) is 0 Å². The number of primary amides is 1. The Morgan fingerprint density at radius 3 is 2.55 bits per heavy atom. The summed E-state index contributed by atoms with van der Waals surface area (Å²) in [7, 11) is 0. The molecule has 0 saturated heterocycles. The molecule has 0 unspecified atom stereocenters. The highest BCUT2D eigenvalue weighted by atomic mass is 16.1. The van der Waals surface area contributed by atoms with E-state index >= 15 is 0 Å². The van der Waals surface area contributed by atoms with Crippen LogP contribution in [-0.4, -0.2) is 5.91 Å². The Kier molecular flexibility index (Phi) is 1.40. The lowest BCUT2D eigenvalue weighted by atomic mass is 10.1. The molecule has 0 atom stereocenters. The fourth-order valence-corrected chi connectivity index (χ4v) is 0.747. The molecule has 0 heterocycles. The summed E-state index contributed by atoms with van der Waals surface area (Å²) in [6.45, 7) is -0.557. The van der Waals surface area contributed by atoms with Gasteiger partial charge in [0, 0.05) is 5.57 Å². The van der Waals surface area contributed by atoms with Crippen LogP contribution in [-0.2, 0) is 4.79 Å². The second-order valence-corrected chi connectivity index (χ2v) is 2.11. The number of hydrogen-bond donors (Lipinski definition) is 1. The molecule has 2 heteroatoms. The Hall–Kier alpha value is -1.57. The lowest BCUT2D eigenvalue weighted by molar-refractivity contribution is -0.112. The van der Waals surface area contributed by atoms with Crippen LogP contribution in [0.1, 0.15) is 8.30 Å². The summed E-state index contributed by atoms with van der Waals surface area (Å²) in [5.41, 5.74) is 5.49. The van der Waals surface area contributed by atoms with E-state index in [0.29, 0.717) is 5.56 Å². The van der Waals surface area contributed by atoms with Crippen LogP contribution in [0.15, 0.2) is 36.9 Å². The Bertz CT molecular complexity index is 342. The zero-order valence-corrected chi connectivity index (χ0v) is 5.87. The van der Waals surface area contributed by atoms with Crippen LogP contribution in [0.25, 0.3) is 5.57 Å². The number of amides is 1. The number of benzene rings is 1. The van der Waals surface area contributed by atoms with Crippen LogP contribution in [0.3, 0.4) is 0 Å². The SMILES string of the molecule is [2H]C([2H])=C(C(N)=O)c1ccccc1. The van der Waals surface area contributed by atoms with Crippen molar-refractivity contribution < 1.29 is 7.54 Å². The van der Waals surface area contributed by atoms with Crippen LogP contribution in [0.4, 0.5) is 0 Å². The van der Waals surface area contributed by atoms with Gasteiger partial charge in [-0.05, 0) is 5.56 Å². The van der Waals surface area contributed by atoms with Crippen molar-refractivity contribution in [2.45, 2.75) is 0 Å². The van der Waals surface area contributed by atoms with E-state index in [1.165, 1.54) is 0 Å². The third-order valence-electron chi connectivity index (χ3n) is 1.31. The standard InChI is InChI=1S/C9H9NO/c1-7(9(10)11)8-5-3-2-4-6-8/h2-6H,1H2,(H2,10,11)/i1D2. The monoisotopic (exact) mass is 149 g/mol. The van der Waals surface area contributed by atoms with E-state index in [4.69, 9.17) is 8.48 Å². The van der Waals surface area contributed by atoms with Crippen LogP contribution in [0.5, 0.6) is 0 Å². The summed E-state index contributed by atoms with van der Waals surface area (Å²) in [5.74, 6) is -0.744. The topological polar surface area (TPSA) is 43.1 Å². The molecule has 56 valence electrons. The van der Waals surface area contributed by atoms with Gasteiger partial charge < -0.3 is 5.73 Å². The number of carbonyl (C=O) groups is 1. The molecule has 0 aliphatic carbocycles. The first-order valence-corrected chi connectivity index (χ1v) is 3.15. The molecule has 0 aliphatic rings. The largest absolute Gasteiger partial charge is 0.366 e. The van der Waals surface area contributed by atoms with Gasteiger partial charge in [-0.15, -0.1) is 0 Å².